The lowest BCUT2D eigenvalue weighted by atomic mass is 9.89. The van der Waals surface area contributed by atoms with Crippen LogP contribution in [-0.2, 0) is 16.0 Å². The van der Waals surface area contributed by atoms with E-state index in [-0.39, 0.29) is 30.5 Å². The Kier molecular flexibility index (Phi) is 11.5. The zero-order valence-corrected chi connectivity index (χ0v) is 29.5. The maximum absolute atomic E-state index is 9.68. The molecule has 1 aliphatic carbocycles. The predicted molar refractivity (Wildman–Crippen MR) is 185 cm³/mol. The highest BCUT2D eigenvalue weighted by molar-refractivity contribution is 5.67. The van der Waals surface area contributed by atoms with Crippen molar-refractivity contribution in [2.75, 3.05) is 32.1 Å². The van der Waals surface area contributed by atoms with E-state index >= 15 is 0 Å². The summed E-state index contributed by atoms with van der Waals surface area (Å²) in [5.74, 6) is 1.40. The lowest BCUT2D eigenvalue weighted by Gasteiger charge is -2.42. The summed E-state index contributed by atoms with van der Waals surface area (Å²) in [4.78, 5) is 11.8. The number of morpholine rings is 1. The van der Waals surface area contributed by atoms with E-state index in [1.54, 1.807) is 30.3 Å². The highest BCUT2D eigenvalue weighted by Crippen LogP contribution is 2.36. The largest absolute Gasteiger partial charge is 0.487 e. The number of nitrogens with zero attached hydrogens (tertiary/aromatic N) is 10. The molecule has 0 spiro atoms. The topological polar surface area (TPSA) is 163 Å². The van der Waals surface area contributed by atoms with Crippen LogP contribution in [0.15, 0.2) is 43.1 Å². The zero-order chi connectivity index (χ0) is 35.0. The van der Waals surface area contributed by atoms with Crippen LogP contribution in [0, 0.1) is 11.3 Å². The van der Waals surface area contributed by atoms with Crippen LogP contribution in [0.4, 0.5) is 11.6 Å². The molecule has 1 aliphatic heterocycles. The number of rotatable bonds is 14. The summed E-state index contributed by atoms with van der Waals surface area (Å²) in [7, 11) is 1.69. The van der Waals surface area contributed by atoms with E-state index < -0.39 is 0 Å². The van der Waals surface area contributed by atoms with Gasteiger partial charge in [0.2, 0.25) is 5.95 Å². The molecule has 2 unspecified atom stereocenters. The number of methoxy groups -OCH3 is 1. The highest BCUT2D eigenvalue weighted by Gasteiger charge is 2.32. The van der Waals surface area contributed by atoms with Crippen molar-refractivity contribution in [3.8, 4) is 28.8 Å². The zero-order valence-electron chi connectivity index (χ0n) is 29.5. The van der Waals surface area contributed by atoms with Gasteiger partial charge >= 0.3 is 0 Å². The lowest BCUT2D eigenvalue weighted by molar-refractivity contribution is -0.0852. The molecule has 2 fully saturated rings. The summed E-state index contributed by atoms with van der Waals surface area (Å²) in [6, 6.07) is 8.47. The molecule has 266 valence electrons. The maximum atomic E-state index is 9.68. The Hall–Kier alpha value is -4.65. The Morgan fingerprint density at radius 1 is 1.00 bits per heavy atom. The number of hydrogen-bond acceptors (Lipinski definition) is 13. The summed E-state index contributed by atoms with van der Waals surface area (Å²) >= 11 is 0. The normalized spacial score (nSPS) is 22.4. The van der Waals surface area contributed by atoms with Crippen LogP contribution in [-0.4, -0.2) is 102 Å². The first kappa shape index (κ1) is 35.2. The summed E-state index contributed by atoms with van der Waals surface area (Å²) in [6.45, 7) is 11.3. The molecular weight excluding hydrogens is 638 g/mol. The van der Waals surface area contributed by atoms with Crippen molar-refractivity contribution in [1.29, 1.82) is 5.26 Å². The molecule has 1 aromatic carbocycles. The summed E-state index contributed by atoms with van der Waals surface area (Å²) < 4.78 is 27.3. The molecule has 0 amide bonds. The number of nitrogens with one attached hydrogen (secondary N) is 1. The van der Waals surface area contributed by atoms with Gasteiger partial charge in [-0.1, -0.05) is 6.07 Å². The van der Waals surface area contributed by atoms with E-state index in [9.17, 15) is 5.26 Å². The second kappa shape index (κ2) is 16.4. The van der Waals surface area contributed by atoms with Crippen LogP contribution in [0.1, 0.15) is 71.4 Å². The van der Waals surface area contributed by atoms with E-state index in [2.05, 4.69) is 60.3 Å². The van der Waals surface area contributed by atoms with Gasteiger partial charge in [0.25, 0.3) is 5.88 Å². The molecule has 4 atom stereocenters. The van der Waals surface area contributed by atoms with Gasteiger partial charge < -0.3 is 24.3 Å². The Morgan fingerprint density at radius 3 is 2.42 bits per heavy atom. The summed E-state index contributed by atoms with van der Waals surface area (Å²) in [6.07, 6.45) is 12.3. The molecule has 4 heterocycles. The molecule has 2 aliphatic rings. The van der Waals surface area contributed by atoms with Gasteiger partial charge in [-0.05, 0) is 81.5 Å². The van der Waals surface area contributed by atoms with E-state index in [1.807, 2.05) is 32.2 Å². The molecule has 1 saturated carbocycles. The number of aromatic nitrogens is 8. The molecule has 50 heavy (non-hydrogen) atoms. The molecule has 4 aromatic rings. The van der Waals surface area contributed by atoms with Crippen LogP contribution in [0.5, 0.6) is 11.6 Å². The van der Waals surface area contributed by atoms with E-state index in [1.165, 1.54) is 6.33 Å². The van der Waals surface area contributed by atoms with Gasteiger partial charge in [-0.3, -0.25) is 9.58 Å². The monoisotopic (exact) mass is 685 g/mol. The summed E-state index contributed by atoms with van der Waals surface area (Å²) in [5, 5.41) is 29.2. The Bertz CT molecular complexity index is 1690. The van der Waals surface area contributed by atoms with Crippen LogP contribution >= 0.6 is 0 Å². The minimum absolute atomic E-state index is 0.0911. The van der Waals surface area contributed by atoms with Gasteiger partial charge in [-0.15, -0.1) is 10.2 Å². The fourth-order valence-corrected chi connectivity index (χ4v) is 6.81. The van der Waals surface area contributed by atoms with Gasteiger partial charge in [0.1, 0.15) is 29.9 Å². The first-order valence-corrected chi connectivity index (χ1v) is 17.4. The molecule has 1 N–H and O–H groups in total. The molecule has 15 heteroatoms. The molecule has 15 nitrogen and oxygen atoms in total. The van der Waals surface area contributed by atoms with Crippen LogP contribution in [0.2, 0.25) is 0 Å². The maximum Gasteiger partial charge on any atom is 0.257 e. The molecular formula is C35H47N11O4. The number of anilines is 2. The quantitative estimate of drug-likeness (QED) is 0.193. The van der Waals surface area contributed by atoms with Crippen molar-refractivity contribution in [2.24, 2.45) is 0 Å². The molecule has 0 bridgehead atoms. The fourth-order valence-electron chi connectivity index (χ4n) is 6.81. The highest BCUT2D eigenvalue weighted by atomic mass is 16.5. The second-order valence-corrected chi connectivity index (χ2v) is 13.4. The van der Waals surface area contributed by atoms with E-state index in [4.69, 9.17) is 24.0 Å². The van der Waals surface area contributed by atoms with Gasteiger partial charge in [-0.2, -0.15) is 5.26 Å². The number of benzene rings is 1. The Labute approximate surface area is 292 Å². The van der Waals surface area contributed by atoms with E-state index in [0.717, 1.165) is 56.3 Å². The van der Waals surface area contributed by atoms with Gasteiger partial charge in [0.15, 0.2) is 0 Å². The van der Waals surface area contributed by atoms with Crippen LogP contribution < -0.4 is 14.8 Å². The number of ether oxygens (including phenoxy) is 4. The minimum atomic E-state index is -0.273. The first-order chi connectivity index (χ1) is 24.3. The van der Waals surface area contributed by atoms with Crippen molar-refractivity contribution >= 4 is 11.6 Å². The number of tetrazole rings is 1. The van der Waals surface area contributed by atoms with Crippen molar-refractivity contribution in [3.05, 3.63) is 48.7 Å². The second-order valence-electron chi connectivity index (χ2n) is 13.4. The van der Waals surface area contributed by atoms with Gasteiger partial charge in [-0.25, -0.2) is 14.6 Å². The molecule has 3 aromatic heterocycles. The van der Waals surface area contributed by atoms with Crippen molar-refractivity contribution < 1.29 is 18.9 Å². The fraction of sp³-hybridized carbons (Fsp3) is 0.571. The van der Waals surface area contributed by atoms with Gasteiger partial charge in [0, 0.05) is 57.2 Å². The Morgan fingerprint density at radius 2 is 1.74 bits per heavy atom. The number of hydrogen-bond donors (Lipinski definition) is 1. The average Bonchev–Trinajstić information content (AvgIpc) is 3.77. The van der Waals surface area contributed by atoms with Crippen molar-refractivity contribution in [2.45, 2.75) is 103 Å². The van der Waals surface area contributed by atoms with Crippen LogP contribution in [0.3, 0.4) is 0 Å². The SMILES string of the molecule is COCCC(C)Oc1nn(C2CCC(N3C[C@@H](C)O[C@@H](C)C3)CC2)cc1Nc1ncc(-c2ccc(C#N)c(OC(C)Cn3cnnn3)c2)cn1. The van der Waals surface area contributed by atoms with E-state index in [0.29, 0.717) is 48.0 Å². The lowest BCUT2D eigenvalue weighted by Crippen LogP contribution is -2.51. The third kappa shape index (κ3) is 8.92. The smallest absolute Gasteiger partial charge is 0.257 e. The molecule has 0 radical (unpaired) electrons. The predicted octanol–water partition coefficient (Wildman–Crippen LogP) is 4.81. The van der Waals surface area contributed by atoms with Crippen molar-refractivity contribution in [1.82, 2.24) is 44.9 Å². The third-order valence-electron chi connectivity index (χ3n) is 9.24. The minimum Gasteiger partial charge on any atom is -0.487 e. The number of nitriles is 1. The third-order valence-corrected chi connectivity index (χ3v) is 9.24. The average molecular weight is 686 g/mol. The van der Waals surface area contributed by atoms with Crippen LogP contribution in [0.25, 0.3) is 11.1 Å². The standard InChI is InChI=1S/C35H47N11O4/c1-23(12-13-47-5)50-34-32(21-46(41-34)31-10-8-30(9-11-31)44-18-24(2)48-25(3)19-44)40-35-37-16-29(17-38-35)27-6-7-28(15-36)33(14-27)49-26(4)20-45-22-39-42-43-45/h6-7,14,16-17,21-26,30-31H,8-13,18-20H2,1-5H3,(H,37,38,40)/t23?,24-,25+,26?,30?,31?. The molecule has 6 rings (SSSR count). The molecule has 1 saturated heterocycles. The summed E-state index contributed by atoms with van der Waals surface area (Å²) in [5.41, 5.74) is 2.74. The Balaban J connectivity index is 1.14. The first-order valence-electron chi connectivity index (χ1n) is 17.4. The van der Waals surface area contributed by atoms with Gasteiger partial charge in [0.05, 0.1) is 42.7 Å². The van der Waals surface area contributed by atoms with Crippen molar-refractivity contribution in [3.63, 3.8) is 0 Å².